The lowest BCUT2D eigenvalue weighted by atomic mass is 10.1. The molecule has 1 aromatic carbocycles. The number of benzene rings is 1. The number of nitriles is 1. The van der Waals surface area contributed by atoms with E-state index in [1.165, 1.54) is 0 Å². The molecule has 0 aliphatic carbocycles. The van der Waals surface area contributed by atoms with Crippen molar-refractivity contribution in [1.29, 1.82) is 5.26 Å². The average Bonchev–Trinajstić information content (AvgIpc) is 3.40. The first-order valence-corrected chi connectivity index (χ1v) is 10.1. The van der Waals surface area contributed by atoms with Gasteiger partial charge >= 0.3 is 0 Å². The van der Waals surface area contributed by atoms with Gasteiger partial charge in [0, 0.05) is 32.0 Å². The van der Waals surface area contributed by atoms with Crippen LogP contribution in [-0.4, -0.2) is 35.9 Å². The molecule has 0 unspecified atom stereocenters. The Hall–Kier alpha value is -3.21. The molecule has 7 heteroatoms. The number of hydrogen-bond acceptors (Lipinski definition) is 5. The highest BCUT2D eigenvalue weighted by Crippen LogP contribution is 2.28. The van der Waals surface area contributed by atoms with Gasteiger partial charge in [-0.1, -0.05) is 36.4 Å². The van der Waals surface area contributed by atoms with Crippen LogP contribution in [0, 0.1) is 11.3 Å². The SMILES string of the molecule is COCCCNC(=O)/C(C#N)=C/c1cn(Cc2ccccc2)nc1-c1cccs1. The lowest BCUT2D eigenvalue weighted by molar-refractivity contribution is -0.117. The van der Waals surface area contributed by atoms with Crippen LogP contribution in [0.5, 0.6) is 0 Å². The summed E-state index contributed by atoms with van der Waals surface area (Å²) in [5.41, 5.74) is 2.68. The maximum absolute atomic E-state index is 12.4. The van der Waals surface area contributed by atoms with Crippen LogP contribution in [0.1, 0.15) is 17.5 Å². The monoisotopic (exact) mass is 406 g/mol. The first-order valence-electron chi connectivity index (χ1n) is 9.25. The molecule has 6 nitrogen and oxygen atoms in total. The minimum atomic E-state index is -0.392. The fourth-order valence-electron chi connectivity index (χ4n) is 2.82. The van der Waals surface area contributed by atoms with E-state index >= 15 is 0 Å². The second-order valence-corrected chi connectivity index (χ2v) is 7.31. The molecule has 0 aliphatic heterocycles. The molecule has 148 valence electrons. The molecule has 0 saturated heterocycles. The van der Waals surface area contributed by atoms with E-state index in [1.54, 1.807) is 24.5 Å². The zero-order valence-electron chi connectivity index (χ0n) is 16.2. The van der Waals surface area contributed by atoms with Gasteiger partial charge in [0.05, 0.1) is 11.4 Å². The minimum absolute atomic E-state index is 0.0551. The van der Waals surface area contributed by atoms with Crippen LogP contribution in [0.2, 0.25) is 0 Å². The largest absolute Gasteiger partial charge is 0.385 e. The molecule has 1 amide bonds. The number of amides is 1. The zero-order valence-corrected chi connectivity index (χ0v) is 17.0. The van der Waals surface area contributed by atoms with Gasteiger partial charge in [0.1, 0.15) is 17.3 Å². The van der Waals surface area contributed by atoms with Crippen LogP contribution >= 0.6 is 11.3 Å². The molecule has 2 heterocycles. The van der Waals surface area contributed by atoms with Gasteiger partial charge in [-0.2, -0.15) is 10.4 Å². The number of methoxy groups -OCH3 is 1. The first kappa shape index (κ1) is 20.5. The fraction of sp³-hybridized carbons (Fsp3) is 0.227. The van der Waals surface area contributed by atoms with Gasteiger partial charge in [-0.3, -0.25) is 9.48 Å². The number of carbonyl (C=O) groups is 1. The third-order valence-corrected chi connectivity index (χ3v) is 5.08. The number of carbonyl (C=O) groups excluding carboxylic acids is 1. The standard InChI is InChI=1S/C22H22N4O2S/c1-28-11-6-10-24-22(27)18(14-23)13-19-16-26(15-17-7-3-2-4-8-17)25-21(19)20-9-5-12-29-20/h2-5,7-9,12-13,16H,6,10-11,15H2,1H3,(H,24,27)/b18-13+. The Morgan fingerprint density at radius 1 is 1.31 bits per heavy atom. The third kappa shape index (κ3) is 5.64. The molecule has 0 saturated carbocycles. The Balaban J connectivity index is 1.86. The van der Waals surface area contributed by atoms with Crippen LogP contribution < -0.4 is 5.32 Å². The van der Waals surface area contributed by atoms with E-state index in [0.29, 0.717) is 26.1 Å². The molecular formula is C22H22N4O2S. The van der Waals surface area contributed by atoms with Crippen LogP contribution in [0.4, 0.5) is 0 Å². The smallest absolute Gasteiger partial charge is 0.261 e. The highest BCUT2D eigenvalue weighted by molar-refractivity contribution is 7.13. The maximum atomic E-state index is 12.4. The number of hydrogen-bond donors (Lipinski definition) is 1. The highest BCUT2D eigenvalue weighted by Gasteiger charge is 2.15. The summed E-state index contributed by atoms with van der Waals surface area (Å²) in [6.07, 6.45) is 4.17. The number of ether oxygens (including phenoxy) is 1. The number of aromatic nitrogens is 2. The fourth-order valence-corrected chi connectivity index (χ4v) is 3.55. The Morgan fingerprint density at radius 2 is 2.14 bits per heavy atom. The van der Waals surface area contributed by atoms with E-state index in [-0.39, 0.29) is 5.57 Å². The Bertz CT molecular complexity index is 1000. The zero-order chi connectivity index (χ0) is 20.5. The summed E-state index contributed by atoms with van der Waals surface area (Å²) >= 11 is 1.57. The van der Waals surface area contributed by atoms with E-state index in [2.05, 4.69) is 5.32 Å². The molecule has 0 aliphatic rings. The Kier molecular flexibility index (Phi) is 7.34. The van der Waals surface area contributed by atoms with Crippen LogP contribution in [-0.2, 0) is 16.1 Å². The maximum Gasteiger partial charge on any atom is 0.261 e. The predicted molar refractivity (Wildman–Crippen MR) is 114 cm³/mol. The molecule has 3 aromatic rings. The van der Waals surface area contributed by atoms with E-state index in [1.807, 2.05) is 64.8 Å². The molecule has 0 radical (unpaired) electrons. The van der Waals surface area contributed by atoms with Crippen molar-refractivity contribution in [2.75, 3.05) is 20.3 Å². The predicted octanol–water partition coefficient (Wildman–Crippen LogP) is 3.72. The molecular weight excluding hydrogens is 384 g/mol. The summed E-state index contributed by atoms with van der Waals surface area (Å²) in [5.74, 6) is -0.392. The van der Waals surface area contributed by atoms with Gasteiger partial charge in [-0.25, -0.2) is 0 Å². The van der Waals surface area contributed by atoms with E-state index in [4.69, 9.17) is 9.84 Å². The number of thiophene rings is 1. The molecule has 29 heavy (non-hydrogen) atoms. The molecule has 2 aromatic heterocycles. The number of nitrogens with one attached hydrogen (secondary N) is 1. The molecule has 0 spiro atoms. The quantitative estimate of drug-likeness (QED) is 0.334. The van der Waals surface area contributed by atoms with E-state index < -0.39 is 5.91 Å². The summed E-state index contributed by atoms with van der Waals surface area (Å²) < 4.78 is 6.81. The van der Waals surface area contributed by atoms with Gasteiger partial charge in [0.2, 0.25) is 0 Å². The highest BCUT2D eigenvalue weighted by atomic mass is 32.1. The molecule has 1 N–H and O–H groups in total. The molecule has 0 bridgehead atoms. The van der Waals surface area contributed by atoms with Gasteiger partial charge in [-0.15, -0.1) is 11.3 Å². The van der Waals surface area contributed by atoms with Crippen molar-refractivity contribution in [2.24, 2.45) is 0 Å². The van der Waals surface area contributed by atoms with Crippen molar-refractivity contribution in [3.63, 3.8) is 0 Å². The summed E-state index contributed by atoms with van der Waals surface area (Å²) in [7, 11) is 1.61. The second kappa shape index (κ2) is 10.4. The lowest BCUT2D eigenvalue weighted by Gasteiger charge is -2.03. The van der Waals surface area contributed by atoms with Crippen LogP contribution in [0.15, 0.2) is 59.6 Å². The van der Waals surface area contributed by atoms with E-state index in [9.17, 15) is 10.1 Å². The first-order chi connectivity index (χ1) is 14.2. The number of rotatable bonds is 9. The molecule has 0 fully saturated rings. The van der Waals surface area contributed by atoms with Crippen molar-refractivity contribution in [1.82, 2.24) is 15.1 Å². The van der Waals surface area contributed by atoms with Gasteiger partial charge in [0.25, 0.3) is 5.91 Å². The van der Waals surface area contributed by atoms with Gasteiger partial charge < -0.3 is 10.1 Å². The van der Waals surface area contributed by atoms with Crippen molar-refractivity contribution in [2.45, 2.75) is 13.0 Å². The molecule has 3 rings (SSSR count). The van der Waals surface area contributed by atoms with E-state index in [0.717, 1.165) is 21.7 Å². The van der Waals surface area contributed by atoms with Gasteiger partial charge in [0.15, 0.2) is 0 Å². The van der Waals surface area contributed by atoms with Crippen molar-refractivity contribution >= 4 is 23.3 Å². The minimum Gasteiger partial charge on any atom is -0.385 e. The van der Waals surface area contributed by atoms with Gasteiger partial charge in [-0.05, 0) is 29.5 Å². The summed E-state index contributed by atoms with van der Waals surface area (Å²) in [6, 6.07) is 16.0. The summed E-state index contributed by atoms with van der Waals surface area (Å²) in [4.78, 5) is 13.4. The topological polar surface area (TPSA) is 79.9 Å². The normalized spacial score (nSPS) is 11.2. The lowest BCUT2D eigenvalue weighted by Crippen LogP contribution is -2.26. The Morgan fingerprint density at radius 3 is 2.83 bits per heavy atom. The number of nitrogens with zero attached hydrogens (tertiary/aromatic N) is 3. The summed E-state index contributed by atoms with van der Waals surface area (Å²) in [5, 5.41) is 18.9. The second-order valence-electron chi connectivity index (χ2n) is 6.37. The Labute approximate surface area is 174 Å². The van der Waals surface area contributed by atoms with Crippen molar-refractivity contribution in [3.05, 3.63) is 70.7 Å². The van der Waals surface area contributed by atoms with Crippen LogP contribution in [0.3, 0.4) is 0 Å². The summed E-state index contributed by atoms with van der Waals surface area (Å²) in [6.45, 7) is 1.62. The average molecular weight is 407 g/mol. The van der Waals surface area contributed by atoms with Crippen molar-refractivity contribution in [3.8, 4) is 16.6 Å². The van der Waals surface area contributed by atoms with Crippen molar-refractivity contribution < 1.29 is 9.53 Å². The van der Waals surface area contributed by atoms with Crippen LogP contribution in [0.25, 0.3) is 16.6 Å². The molecule has 0 atom stereocenters. The third-order valence-electron chi connectivity index (χ3n) is 4.21.